The Kier molecular flexibility index (Phi) is 4.53. The van der Waals surface area contributed by atoms with E-state index in [1.807, 2.05) is 6.07 Å². The van der Waals surface area contributed by atoms with Crippen molar-refractivity contribution in [2.45, 2.75) is 31.8 Å². The lowest BCUT2D eigenvalue weighted by Crippen LogP contribution is -2.23. The Hall–Kier alpha value is -2.13. The number of nitrogens with zero attached hydrogens (tertiary/aromatic N) is 2. The first-order chi connectivity index (χ1) is 9.60. The van der Waals surface area contributed by atoms with Crippen LogP contribution in [0.15, 0.2) is 18.2 Å². The number of nitro benzene ring substituents is 1. The van der Waals surface area contributed by atoms with Gasteiger partial charge in [0.25, 0.3) is 5.69 Å². The third-order valence-electron chi connectivity index (χ3n) is 3.72. The minimum atomic E-state index is -0.551. The Morgan fingerprint density at radius 2 is 2.10 bits per heavy atom. The minimum absolute atomic E-state index is 0.0686. The quantitative estimate of drug-likeness (QED) is 0.649. The molecule has 2 N–H and O–H groups in total. The van der Waals surface area contributed by atoms with Gasteiger partial charge in [-0.1, -0.05) is 0 Å². The van der Waals surface area contributed by atoms with Gasteiger partial charge in [0.1, 0.15) is 11.6 Å². The Balaban J connectivity index is 1.97. The van der Waals surface area contributed by atoms with Crippen molar-refractivity contribution in [2.75, 3.05) is 11.9 Å². The average molecular weight is 275 g/mol. The van der Waals surface area contributed by atoms with Crippen molar-refractivity contribution in [3.05, 3.63) is 33.9 Å². The van der Waals surface area contributed by atoms with E-state index < -0.39 is 4.92 Å². The summed E-state index contributed by atoms with van der Waals surface area (Å²) in [6, 6.07) is 6.33. The van der Waals surface area contributed by atoms with Gasteiger partial charge >= 0.3 is 0 Å². The summed E-state index contributed by atoms with van der Waals surface area (Å²) in [4.78, 5) is 10.2. The van der Waals surface area contributed by atoms with E-state index in [0.29, 0.717) is 5.92 Å². The Bertz CT molecular complexity index is 531. The summed E-state index contributed by atoms with van der Waals surface area (Å²) in [5.74, 6) is 0.499. The summed E-state index contributed by atoms with van der Waals surface area (Å²) in [5, 5.41) is 32.3. The highest BCUT2D eigenvalue weighted by Crippen LogP contribution is 2.26. The van der Waals surface area contributed by atoms with Crippen LogP contribution in [0.25, 0.3) is 0 Å². The summed E-state index contributed by atoms with van der Waals surface area (Å²) >= 11 is 0. The third kappa shape index (κ3) is 3.45. The summed E-state index contributed by atoms with van der Waals surface area (Å²) in [7, 11) is 0. The molecule has 1 fully saturated rings. The van der Waals surface area contributed by atoms with Crippen molar-refractivity contribution in [1.82, 2.24) is 0 Å². The van der Waals surface area contributed by atoms with Gasteiger partial charge in [-0.2, -0.15) is 5.26 Å². The van der Waals surface area contributed by atoms with Crippen molar-refractivity contribution in [1.29, 1.82) is 5.26 Å². The van der Waals surface area contributed by atoms with Crippen LogP contribution < -0.4 is 5.32 Å². The van der Waals surface area contributed by atoms with E-state index in [9.17, 15) is 15.2 Å². The van der Waals surface area contributed by atoms with Gasteiger partial charge in [0.15, 0.2) is 0 Å². The Morgan fingerprint density at radius 1 is 1.40 bits per heavy atom. The molecular formula is C14H17N3O3. The fraction of sp³-hybridized carbons (Fsp3) is 0.500. The number of nitro groups is 1. The molecular weight excluding hydrogens is 258 g/mol. The molecule has 0 aromatic heterocycles. The molecule has 0 saturated heterocycles. The van der Waals surface area contributed by atoms with Crippen LogP contribution in [-0.4, -0.2) is 22.7 Å². The van der Waals surface area contributed by atoms with E-state index in [-0.39, 0.29) is 17.4 Å². The van der Waals surface area contributed by atoms with Crippen molar-refractivity contribution in [2.24, 2.45) is 5.92 Å². The number of aliphatic hydroxyl groups excluding tert-OH is 1. The van der Waals surface area contributed by atoms with Crippen LogP contribution in [0.1, 0.15) is 31.2 Å². The van der Waals surface area contributed by atoms with E-state index in [4.69, 9.17) is 5.26 Å². The van der Waals surface area contributed by atoms with Crippen LogP contribution in [0.3, 0.4) is 0 Å². The molecule has 0 radical (unpaired) electrons. The molecule has 0 bridgehead atoms. The number of hydrogen-bond donors (Lipinski definition) is 2. The summed E-state index contributed by atoms with van der Waals surface area (Å²) in [5.41, 5.74) is 0.621. The molecule has 0 aliphatic heterocycles. The predicted octanol–water partition coefficient (Wildman–Crippen LogP) is 2.43. The smallest absolute Gasteiger partial charge is 0.287 e. The van der Waals surface area contributed by atoms with E-state index in [0.717, 1.165) is 37.9 Å². The van der Waals surface area contributed by atoms with Gasteiger partial charge in [-0.3, -0.25) is 10.1 Å². The van der Waals surface area contributed by atoms with Crippen LogP contribution >= 0.6 is 0 Å². The number of nitriles is 1. The molecule has 6 nitrogen and oxygen atoms in total. The molecule has 0 heterocycles. The van der Waals surface area contributed by atoms with Crippen molar-refractivity contribution < 1.29 is 10.0 Å². The summed E-state index contributed by atoms with van der Waals surface area (Å²) < 4.78 is 0. The lowest BCUT2D eigenvalue weighted by atomic mass is 9.87. The molecule has 0 spiro atoms. The van der Waals surface area contributed by atoms with Gasteiger partial charge in [-0.05, 0) is 43.7 Å². The Labute approximate surface area is 117 Å². The van der Waals surface area contributed by atoms with Gasteiger partial charge in [-0.15, -0.1) is 0 Å². The zero-order valence-electron chi connectivity index (χ0n) is 11.1. The second-order valence-corrected chi connectivity index (χ2v) is 5.16. The summed E-state index contributed by atoms with van der Waals surface area (Å²) in [6.07, 6.45) is 3.45. The highest BCUT2D eigenvalue weighted by Gasteiger charge is 2.19. The number of hydrogen-bond acceptors (Lipinski definition) is 5. The number of aliphatic hydroxyl groups is 1. The lowest BCUT2D eigenvalue weighted by Gasteiger charge is -2.25. The first-order valence-corrected chi connectivity index (χ1v) is 6.70. The SMILES string of the molecule is N#Cc1cc(NCC2CCC(O)CC2)ccc1[N+](=O)[O-]. The molecule has 0 atom stereocenters. The lowest BCUT2D eigenvalue weighted by molar-refractivity contribution is -0.385. The van der Waals surface area contributed by atoms with E-state index in [1.165, 1.54) is 12.1 Å². The number of nitrogens with one attached hydrogen (secondary N) is 1. The van der Waals surface area contributed by atoms with Gasteiger partial charge in [0.05, 0.1) is 11.0 Å². The van der Waals surface area contributed by atoms with Crippen LogP contribution in [0.4, 0.5) is 11.4 Å². The van der Waals surface area contributed by atoms with Crippen LogP contribution in [0.2, 0.25) is 0 Å². The maximum Gasteiger partial charge on any atom is 0.287 e. The van der Waals surface area contributed by atoms with Crippen LogP contribution in [0, 0.1) is 27.4 Å². The van der Waals surface area contributed by atoms with E-state index in [2.05, 4.69) is 5.32 Å². The van der Waals surface area contributed by atoms with Gasteiger partial charge in [0.2, 0.25) is 0 Å². The maximum atomic E-state index is 10.7. The monoisotopic (exact) mass is 275 g/mol. The molecule has 1 aromatic carbocycles. The van der Waals surface area contributed by atoms with Gasteiger partial charge in [-0.25, -0.2) is 0 Å². The molecule has 6 heteroatoms. The van der Waals surface area contributed by atoms with Gasteiger partial charge < -0.3 is 10.4 Å². The number of rotatable bonds is 4. The molecule has 1 aromatic rings. The summed E-state index contributed by atoms with van der Waals surface area (Å²) in [6.45, 7) is 0.759. The standard InChI is InChI=1S/C14H17N3O3/c15-8-11-7-12(3-6-14(11)17(19)20)16-9-10-1-4-13(18)5-2-10/h3,6-7,10,13,16,18H,1-2,4-5,9H2. The molecule has 1 aliphatic rings. The molecule has 2 rings (SSSR count). The van der Waals surface area contributed by atoms with Crippen molar-refractivity contribution in [3.63, 3.8) is 0 Å². The zero-order valence-corrected chi connectivity index (χ0v) is 11.1. The second-order valence-electron chi connectivity index (χ2n) is 5.16. The van der Waals surface area contributed by atoms with Crippen molar-refractivity contribution >= 4 is 11.4 Å². The minimum Gasteiger partial charge on any atom is -0.393 e. The highest BCUT2D eigenvalue weighted by molar-refractivity contribution is 5.58. The zero-order chi connectivity index (χ0) is 14.5. The second kappa shape index (κ2) is 6.35. The van der Waals surface area contributed by atoms with Crippen LogP contribution in [0.5, 0.6) is 0 Å². The molecule has 0 amide bonds. The highest BCUT2D eigenvalue weighted by atomic mass is 16.6. The average Bonchev–Trinajstić information content (AvgIpc) is 2.46. The maximum absolute atomic E-state index is 10.7. The Morgan fingerprint density at radius 3 is 2.70 bits per heavy atom. The van der Waals surface area contributed by atoms with E-state index in [1.54, 1.807) is 6.07 Å². The largest absolute Gasteiger partial charge is 0.393 e. The number of benzene rings is 1. The molecule has 0 unspecified atom stereocenters. The molecule has 1 aliphatic carbocycles. The molecule has 106 valence electrons. The number of anilines is 1. The molecule has 20 heavy (non-hydrogen) atoms. The fourth-order valence-electron chi connectivity index (χ4n) is 2.51. The van der Waals surface area contributed by atoms with E-state index >= 15 is 0 Å². The molecule has 1 saturated carbocycles. The van der Waals surface area contributed by atoms with Crippen molar-refractivity contribution in [3.8, 4) is 6.07 Å². The normalized spacial score (nSPS) is 22.0. The first kappa shape index (κ1) is 14.3. The first-order valence-electron chi connectivity index (χ1n) is 6.70. The van der Waals surface area contributed by atoms with Gasteiger partial charge in [0, 0.05) is 18.3 Å². The topological polar surface area (TPSA) is 99.2 Å². The third-order valence-corrected chi connectivity index (χ3v) is 3.72. The fourth-order valence-corrected chi connectivity index (χ4v) is 2.51. The predicted molar refractivity (Wildman–Crippen MR) is 74.3 cm³/mol. The van der Waals surface area contributed by atoms with Crippen LogP contribution in [-0.2, 0) is 0 Å².